The third-order valence-corrected chi connectivity index (χ3v) is 7.85. The number of anilines is 1. The normalized spacial score (nSPS) is 20.9. The van der Waals surface area contributed by atoms with E-state index in [4.69, 9.17) is 9.15 Å². The molecule has 0 radical (unpaired) electrons. The standard InChI is InChI=1S/C28H30N4O4/c33-26(32-18-16-30(17-19-32)24-8-4-5-13-29-24)22-20-28(22)11-14-31(15-12-28)27(34)23-9-10-25(36-23)35-21-6-2-1-3-7-21/h1-10,13,22H,11-12,14-20H2. The van der Waals surface area contributed by atoms with E-state index in [1.807, 2.05) is 58.3 Å². The second-order valence-corrected chi connectivity index (χ2v) is 9.95. The Labute approximate surface area is 210 Å². The van der Waals surface area contributed by atoms with Crippen LogP contribution in [0.4, 0.5) is 5.82 Å². The molecule has 8 nitrogen and oxygen atoms in total. The maximum atomic E-state index is 13.2. The summed E-state index contributed by atoms with van der Waals surface area (Å²) in [7, 11) is 0. The van der Waals surface area contributed by atoms with Crippen molar-refractivity contribution in [1.82, 2.24) is 14.8 Å². The second kappa shape index (κ2) is 9.33. The molecule has 8 heteroatoms. The fraction of sp³-hybridized carbons (Fsp3) is 0.393. The van der Waals surface area contributed by atoms with E-state index in [0.717, 1.165) is 51.3 Å². The van der Waals surface area contributed by atoms with Crippen molar-refractivity contribution in [3.8, 4) is 11.7 Å². The molecule has 3 fully saturated rings. The van der Waals surface area contributed by atoms with Crippen molar-refractivity contribution in [3.63, 3.8) is 0 Å². The number of furan rings is 1. The topological polar surface area (TPSA) is 79.1 Å². The van der Waals surface area contributed by atoms with Gasteiger partial charge in [-0.15, -0.1) is 0 Å². The molecule has 2 saturated heterocycles. The molecule has 1 unspecified atom stereocenters. The van der Waals surface area contributed by atoms with Crippen LogP contribution in [0.15, 0.2) is 71.3 Å². The van der Waals surface area contributed by atoms with Crippen molar-refractivity contribution in [3.05, 3.63) is 72.6 Å². The predicted octanol–water partition coefficient (Wildman–Crippen LogP) is 4.06. The predicted molar refractivity (Wildman–Crippen MR) is 134 cm³/mol. The molecule has 186 valence electrons. The Morgan fingerprint density at radius 1 is 0.861 bits per heavy atom. The van der Waals surface area contributed by atoms with E-state index in [1.54, 1.807) is 18.3 Å². The zero-order valence-corrected chi connectivity index (χ0v) is 20.2. The Morgan fingerprint density at radius 2 is 1.61 bits per heavy atom. The highest BCUT2D eigenvalue weighted by molar-refractivity contribution is 5.92. The molecule has 1 aliphatic carbocycles. The average molecular weight is 487 g/mol. The summed E-state index contributed by atoms with van der Waals surface area (Å²) in [5.74, 6) is 2.46. The zero-order valence-electron chi connectivity index (χ0n) is 20.2. The van der Waals surface area contributed by atoms with Gasteiger partial charge in [-0.3, -0.25) is 9.59 Å². The number of piperazine rings is 1. The van der Waals surface area contributed by atoms with E-state index in [0.29, 0.717) is 24.8 Å². The Balaban J connectivity index is 0.995. The van der Waals surface area contributed by atoms with Gasteiger partial charge in [0.15, 0.2) is 5.76 Å². The van der Waals surface area contributed by atoms with E-state index in [2.05, 4.69) is 9.88 Å². The molecule has 0 N–H and O–H groups in total. The average Bonchev–Trinajstić information content (AvgIpc) is 3.42. The number of piperidine rings is 1. The summed E-state index contributed by atoms with van der Waals surface area (Å²) in [6, 6.07) is 18.6. The van der Waals surface area contributed by atoms with E-state index in [1.165, 1.54) is 0 Å². The van der Waals surface area contributed by atoms with Crippen LogP contribution in [0.25, 0.3) is 0 Å². The monoisotopic (exact) mass is 486 g/mol. The number of benzene rings is 1. The van der Waals surface area contributed by atoms with Crippen LogP contribution in [0, 0.1) is 11.3 Å². The number of carbonyl (C=O) groups is 2. The Kier molecular flexibility index (Phi) is 5.87. The van der Waals surface area contributed by atoms with Crippen molar-refractivity contribution in [1.29, 1.82) is 0 Å². The summed E-state index contributed by atoms with van der Waals surface area (Å²) in [6.07, 6.45) is 4.46. The van der Waals surface area contributed by atoms with Crippen molar-refractivity contribution in [2.75, 3.05) is 44.2 Å². The van der Waals surface area contributed by atoms with E-state index in [-0.39, 0.29) is 28.9 Å². The molecule has 6 rings (SSSR count). The highest BCUT2D eigenvalue weighted by Gasteiger charge is 2.59. The maximum absolute atomic E-state index is 13.2. The Hall–Kier alpha value is -3.81. The maximum Gasteiger partial charge on any atom is 0.290 e. The molecule has 0 bridgehead atoms. The number of hydrogen-bond donors (Lipinski definition) is 0. The molecule has 1 atom stereocenters. The fourth-order valence-corrected chi connectivity index (χ4v) is 5.57. The van der Waals surface area contributed by atoms with Gasteiger partial charge in [-0.25, -0.2) is 4.98 Å². The van der Waals surface area contributed by atoms with Gasteiger partial charge in [0.25, 0.3) is 11.9 Å². The number of pyridine rings is 1. The lowest BCUT2D eigenvalue weighted by Crippen LogP contribution is -2.50. The van der Waals surface area contributed by atoms with Gasteiger partial charge in [0, 0.05) is 57.4 Å². The van der Waals surface area contributed by atoms with E-state index >= 15 is 0 Å². The van der Waals surface area contributed by atoms with Crippen LogP contribution in [-0.2, 0) is 4.79 Å². The van der Waals surface area contributed by atoms with Crippen molar-refractivity contribution in [2.24, 2.45) is 11.3 Å². The first kappa shape index (κ1) is 22.6. The Morgan fingerprint density at radius 3 is 2.33 bits per heavy atom. The quantitative estimate of drug-likeness (QED) is 0.541. The highest BCUT2D eigenvalue weighted by Crippen LogP contribution is 2.60. The van der Waals surface area contributed by atoms with Crippen molar-refractivity contribution >= 4 is 17.6 Å². The molecule has 1 saturated carbocycles. The van der Waals surface area contributed by atoms with Crippen molar-refractivity contribution in [2.45, 2.75) is 19.3 Å². The Bertz CT molecular complexity index is 1210. The number of para-hydroxylation sites is 1. The van der Waals surface area contributed by atoms with Gasteiger partial charge in [0.2, 0.25) is 5.91 Å². The molecule has 2 amide bonds. The molecule has 2 aliphatic heterocycles. The number of carbonyl (C=O) groups excluding carboxylic acids is 2. The minimum Gasteiger partial charge on any atom is -0.426 e. The second-order valence-electron chi connectivity index (χ2n) is 9.95. The molecule has 1 aromatic carbocycles. The summed E-state index contributed by atoms with van der Waals surface area (Å²) in [5.41, 5.74) is 0.0523. The lowest BCUT2D eigenvalue weighted by molar-refractivity contribution is -0.134. The van der Waals surface area contributed by atoms with Crippen LogP contribution in [-0.4, -0.2) is 65.9 Å². The highest BCUT2D eigenvalue weighted by atomic mass is 16.6. The molecule has 3 aliphatic rings. The molecule has 3 aromatic rings. The van der Waals surface area contributed by atoms with Gasteiger partial charge in [0.1, 0.15) is 11.6 Å². The van der Waals surface area contributed by atoms with E-state index < -0.39 is 0 Å². The summed E-state index contributed by atoms with van der Waals surface area (Å²) in [6.45, 7) is 4.38. The van der Waals surface area contributed by atoms with E-state index in [9.17, 15) is 9.59 Å². The molecular weight excluding hydrogens is 456 g/mol. The largest absolute Gasteiger partial charge is 0.426 e. The van der Waals surface area contributed by atoms with Gasteiger partial charge in [0.05, 0.1) is 0 Å². The third kappa shape index (κ3) is 4.43. The van der Waals surface area contributed by atoms with Crippen LogP contribution in [0.5, 0.6) is 11.7 Å². The number of nitrogens with zero attached hydrogens (tertiary/aromatic N) is 4. The summed E-state index contributed by atoms with van der Waals surface area (Å²) in [4.78, 5) is 36.8. The van der Waals surface area contributed by atoms with Gasteiger partial charge in [-0.2, -0.15) is 0 Å². The zero-order chi connectivity index (χ0) is 24.5. The summed E-state index contributed by atoms with van der Waals surface area (Å²) in [5, 5.41) is 0. The fourth-order valence-electron chi connectivity index (χ4n) is 5.57. The van der Waals surface area contributed by atoms with Crippen LogP contribution < -0.4 is 9.64 Å². The SMILES string of the molecule is O=C(c1ccc(Oc2ccccc2)o1)N1CCC2(CC1)CC2C(=O)N1CCN(c2ccccn2)CC1. The number of amides is 2. The molecular formula is C28H30N4O4. The smallest absolute Gasteiger partial charge is 0.290 e. The number of aromatic nitrogens is 1. The molecule has 1 spiro atoms. The number of rotatable bonds is 5. The number of likely N-dealkylation sites (tertiary alicyclic amines) is 1. The van der Waals surface area contributed by atoms with Gasteiger partial charge in [-0.05, 0) is 55.0 Å². The summed E-state index contributed by atoms with van der Waals surface area (Å²) >= 11 is 0. The van der Waals surface area contributed by atoms with Gasteiger partial charge >= 0.3 is 0 Å². The van der Waals surface area contributed by atoms with Gasteiger partial charge < -0.3 is 23.9 Å². The summed E-state index contributed by atoms with van der Waals surface area (Å²) < 4.78 is 11.4. The first-order valence-electron chi connectivity index (χ1n) is 12.7. The lowest BCUT2D eigenvalue weighted by atomic mass is 9.90. The number of hydrogen-bond acceptors (Lipinski definition) is 6. The molecule has 4 heterocycles. The van der Waals surface area contributed by atoms with Crippen LogP contribution in [0.1, 0.15) is 29.8 Å². The third-order valence-electron chi connectivity index (χ3n) is 7.85. The van der Waals surface area contributed by atoms with Gasteiger partial charge in [-0.1, -0.05) is 24.3 Å². The van der Waals surface area contributed by atoms with Crippen LogP contribution in [0.3, 0.4) is 0 Å². The van der Waals surface area contributed by atoms with Crippen molar-refractivity contribution < 1.29 is 18.7 Å². The minimum absolute atomic E-state index is 0.0523. The number of ether oxygens (including phenoxy) is 1. The minimum atomic E-state index is -0.123. The van der Waals surface area contributed by atoms with Crippen LogP contribution >= 0.6 is 0 Å². The lowest BCUT2D eigenvalue weighted by Gasteiger charge is -2.37. The first-order chi connectivity index (χ1) is 17.6. The first-order valence-corrected chi connectivity index (χ1v) is 12.7. The van der Waals surface area contributed by atoms with Crippen LogP contribution in [0.2, 0.25) is 0 Å². The molecule has 2 aromatic heterocycles. The molecule has 36 heavy (non-hydrogen) atoms.